The van der Waals surface area contributed by atoms with Crippen molar-refractivity contribution in [3.8, 4) is 16.9 Å². The number of carbonyl (C=O) groups is 2. The van der Waals surface area contributed by atoms with E-state index in [2.05, 4.69) is 5.32 Å². The monoisotopic (exact) mass is 431 g/mol. The van der Waals surface area contributed by atoms with Gasteiger partial charge in [-0.25, -0.2) is 9.18 Å². The molecule has 1 atom stereocenters. The lowest BCUT2D eigenvalue weighted by Gasteiger charge is -2.24. The summed E-state index contributed by atoms with van der Waals surface area (Å²) in [7, 11) is 1.59. The zero-order chi connectivity index (χ0) is 23.5. The Morgan fingerprint density at radius 2 is 1.65 bits per heavy atom. The summed E-state index contributed by atoms with van der Waals surface area (Å²) in [5, 5.41) is 11.9. The highest BCUT2D eigenvalue weighted by Gasteiger charge is 2.26. The fraction of sp³-hybridized carbons (Fsp3) is 0.417. The van der Waals surface area contributed by atoms with Gasteiger partial charge in [0.2, 0.25) is 0 Å². The SMILES string of the molecule is COc1cc(C)c(-c2cc(C)c(F)c(C(CC(=O)O)NC(=O)OC(C)(C)C)c2)c(C)c1. The molecule has 1 unspecified atom stereocenters. The summed E-state index contributed by atoms with van der Waals surface area (Å²) >= 11 is 0. The second-order valence-corrected chi connectivity index (χ2v) is 8.63. The molecule has 0 saturated heterocycles. The van der Waals surface area contributed by atoms with Gasteiger partial charge in [0.05, 0.1) is 19.6 Å². The first kappa shape index (κ1) is 24.2. The van der Waals surface area contributed by atoms with E-state index in [0.29, 0.717) is 11.3 Å². The van der Waals surface area contributed by atoms with Crippen LogP contribution >= 0.6 is 0 Å². The molecule has 31 heavy (non-hydrogen) atoms. The predicted octanol–water partition coefficient (Wildman–Crippen LogP) is 5.47. The lowest BCUT2D eigenvalue weighted by molar-refractivity contribution is -0.137. The summed E-state index contributed by atoms with van der Waals surface area (Å²) in [6, 6.07) is 5.98. The number of ether oxygens (including phenoxy) is 2. The largest absolute Gasteiger partial charge is 0.497 e. The molecule has 0 radical (unpaired) electrons. The quantitative estimate of drug-likeness (QED) is 0.634. The van der Waals surface area contributed by atoms with Crippen molar-refractivity contribution in [3.05, 3.63) is 52.3 Å². The van der Waals surface area contributed by atoms with Crippen LogP contribution in [0, 0.1) is 26.6 Å². The van der Waals surface area contributed by atoms with Gasteiger partial charge in [-0.1, -0.05) is 0 Å². The van der Waals surface area contributed by atoms with Crippen molar-refractivity contribution in [1.82, 2.24) is 5.32 Å². The number of halogens is 1. The number of hydrogen-bond acceptors (Lipinski definition) is 4. The van der Waals surface area contributed by atoms with Crippen LogP contribution in [0.3, 0.4) is 0 Å². The summed E-state index contributed by atoms with van der Waals surface area (Å²) in [5.41, 5.74) is 3.17. The van der Waals surface area contributed by atoms with Crippen LogP contribution in [0.2, 0.25) is 0 Å². The molecule has 0 aliphatic rings. The maximum Gasteiger partial charge on any atom is 0.408 e. The van der Waals surface area contributed by atoms with E-state index in [0.717, 1.165) is 22.3 Å². The van der Waals surface area contributed by atoms with Crippen LogP contribution in [-0.4, -0.2) is 29.9 Å². The van der Waals surface area contributed by atoms with Gasteiger partial charge in [0.1, 0.15) is 17.2 Å². The van der Waals surface area contributed by atoms with E-state index in [4.69, 9.17) is 9.47 Å². The van der Waals surface area contributed by atoms with Gasteiger partial charge in [-0.05, 0) is 93.6 Å². The molecule has 0 fully saturated rings. The molecule has 0 heterocycles. The topological polar surface area (TPSA) is 84.9 Å². The molecular weight excluding hydrogens is 401 g/mol. The molecule has 0 spiro atoms. The first-order valence-corrected chi connectivity index (χ1v) is 9.99. The van der Waals surface area contributed by atoms with E-state index in [1.807, 2.05) is 26.0 Å². The highest BCUT2D eigenvalue weighted by atomic mass is 19.1. The van der Waals surface area contributed by atoms with E-state index >= 15 is 4.39 Å². The van der Waals surface area contributed by atoms with Crippen LogP contribution in [0.1, 0.15) is 55.5 Å². The minimum absolute atomic E-state index is 0.0953. The van der Waals surface area contributed by atoms with Gasteiger partial charge in [-0.15, -0.1) is 0 Å². The third-order valence-electron chi connectivity index (χ3n) is 4.76. The number of hydrogen-bond donors (Lipinski definition) is 2. The van der Waals surface area contributed by atoms with Gasteiger partial charge >= 0.3 is 12.1 Å². The van der Waals surface area contributed by atoms with Crippen molar-refractivity contribution >= 4 is 12.1 Å². The molecule has 0 aliphatic heterocycles. The molecule has 2 aromatic carbocycles. The first-order chi connectivity index (χ1) is 14.3. The number of alkyl carbamates (subject to hydrolysis) is 1. The fourth-order valence-corrected chi connectivity index (χ4v) is 3.55. The van der Waals surface area contributed by atoms with Gasteiger partial charge in [0.25, 0.3) is 0 Å². The van der Waals surface area contributed by atoms with Gasteiger partial charge in [0, 0.05) is 5.56 Å². The van der Waals surface area contributed by atoms with Crippen LogP contribution in [-0.2, 0) is 9.53 Å². The number of carbonyl (C=O) groups excluding carboxylic acids is 1. The van der Waals surface area contributed by atoms with Crippen LogP contribution in [0.25, 0.3) is 11.1 Å². The van der Waals surface area contributed by atoms with Gasteiger partial charge < -0.3 is 19.9 Å². The zero-order valence-electron chi connectivity index (χ0n) is 19.1. The van der Waals surface area contributed by atoms with Crippen molar-refractivity contribution in [2.24, 2.45) is 0 Å². The second-order valence-electron chi connectivity index (χ2n) is 8.63. The molecule has 0 aromatic heterocycles. The van der Waals surface area contributed by atoms with Crippen LogP contribution in [0.15, 0.2) is 24.3 Å². The summed E-state index contributed by atoms with van der Waals surface area (Å²) in [5.74, 6) is -1.01. The normalized spacial score (nSPS) is 12.3. The van der Waals surface area contributed by atoms with Crippen molar-refractivity contribution in [2.75, 3.05) is 7.11 Å². The van der Waals surface area contributed by atoms with E-state index in [1.54, 1.807) is 46.9 Å². The molecule has 1 amide bonds. The number of aliphatic carboxylic acids is 1. The fourth-order valence-electron chi connectivity index (χ4n) is 3.55. The number of carboxylic acid groups (broad SMARTS) is 1. The predicted molar refractivity (Wildman–Crippen MR) is 117 cm³/mol. The summed E-state index contributed by atoms with van der Waals surface area (Å²) in [4.78, 5) is 23.7. The highest BCUT2D eigenvalue weighted by Crippen LogP contribution is 2.35. The number of amides is 1. The first-order valence-electron chi connectivity index (χ1n) is 9.99. The number of benzene rings is 2. The number of nitrogens with one attached hydrogen (secondary N) is 1. The molecule has 0 bridgehead atoms. The Balaban J connectivity index is 2.57. The Hall–Kier alpha value is -3.09. The average molecular weight is 432 g/mol. The highest BCUT2D eigenvalue weighted by molar-refractivity contribution is 5.75. The van der Waals surface area contributed by atoms with Crippen molar-refractivity contribution in [1.29, 1.82) is 0 Å². The van der Waals surface area contributed by atoms with Crippen molar-refractivity contribution in [2.45, 2.75) is 59.6 Å². The maximum atomic E-state index is 15.1. The smallest absolute Gasteiger partial charge is 0.408 e. The summed E-state index contributed by atoms with van der Waals surface area (Å²) < 4.78 is 25.7. The Kier molecular flexibility index (Phi) is 7.31. The molecule has 0 saturated carbocycles. The van der Waals surface area contributed by atoms with Crippen molar-refractivity contribution in [3.63, 3.8) is 0 Å². The Morgan fingerprint density at radius 3 is 2.13 bits per heavy atom. The summed E-state index contributed by atoms with van der Waals surface area (Å²) in [6.07, 6.45) is -1.29. The Labute approximate surface area is 182 Å². The molecule has 2 N–H and O–H groups in total. The molecular formula is C24H30FNO5. The third-order valence-corrected chi connectivity index (χ3v) is 4.76. The molecule has 0 aliphatic carbocycles. The molecule has 2 rings (SSSR count). The zero-order valence-corrected chi connectivity index (χ0v) is 19.1. The van der Waals surface area contributed by atoms with Gasteiger partial charge in [-0.3, -0.25) is 4.79 Å². The Morgan fingerprint density at radius 1 is 1.06 bits per heavy atom. The average Bonchev–Trinajstić information content (AvgIpc) is 2.61. The summed E-state index contributed by atoms with van der Waals surface area (Å²) in [6.45, 7) is 10.5. The standard InChI is InChI=1S/C24H30FNO5/c1-13-9-17(30-7)10-14(2)21(13)16-8-15(3)22(25)18(11-16)19(12-20(27)28)26-23(29)31-24(4,5)6/h8-11,19H,12H2,1-7H3,(H,26,29)(H,27,28). The number of rotatable bonds is 6. The van der Waals surface area contributed by atoms with E-state index in [1.165, 1.54) is 0 Å². The molecule has 168 valence electrons. The molecule has 6 nitrogen and oxygen atoms in total. The minimum Gasteiger partial charge on any atom is -0.497 e. The lowest BCUT2D eigenvalue weighted by atomic mass is 9.90. The van der Waals surface area contributed by atoms with Gasteiger partial charge in [-0.2, -0.15) is 0 Å². The van der Waals surface area contributed by atoms with E-state index in [-0.39, 0.29) is 5.56 Å². The maximum absolute atomic E-state index is 15.1. The number of aryl methyl sites for hydroxylation is 3. The lowest BCUT2D eigenvalue weighted by Crippen LogP contribution is -2.36. The minimum atomic E-state index is -1.17. The molecule has 7 heteroatoms. The second kappa shape index (κ2) is 9.37. The van der Waals surface area contributed by atoms with E-state index in [9.17, 15) is 14.7 Å². The Bertz CT molecular complexity index is 971. The molecule has 2 aromatic rings. The number of methoxy groups -OCH3 is 1. The van der Waals surface area contributed by atoms with Crippen LogP contribution in [0.4, 0.5) is 9.18 Å². The van der Waals surface area contributed by atoms with E-state index < -0.39 is 35.9 Å². The number of carboxylic acids is 1. The van der Waals surface area contributed by atoms with Gasteiger partial charge in [0.15, 0.2) is 0 Å². The van der Waals surface area contributed by atoms with Crippen LogP contribution in [0.5, 0.6) is 5.75 Å². The third kappa shape index (κ3) is 6.20. The van der Waals surface area contributed by atoms with Crippen LogP contribution < -0.4 is 10.1 Å². The van der Waals surface area contributed by atoms with Crippen molar-refractivity contribution < 1.29 is 28.6 Å².